The summed E-state index contributed by atoms with van der Waals surface area (Å²) in [6, 6.07) is 10.1. The van der Waals surface area contributed by atoms with E-state index in [0.29, 0.717) is 5.39 Å². The van der Waals surface area contributed by atoms with E-state index in [9.17, 15) is 13.9 Å². The van der Waals surface area contributed by atoms with E-state index >= 15 is 0 Å². The van der Waals surface area contributed by atoms with Crippen LogP contribution in [0.3, 0.4) is 0 Å². The number of aliphatic hydroxyl groups is 1. The normalized spacial score (nSPS) is 12.8. The summed E-state index contributed by atoms with van der Waals surface area (Å²) in [5.41, 5.74) is 0.222. The largest absolute Gasteiger partial charge is 0.455 e. The Morgan fingerprint density at radius 1 is 1.05 bits per heavy atom. The van der Waals surface area contributed by atoms with Crippen molar-refractivity contribution in [3.8, 4) is 0 Å². The second-order valence-corrected chi connectivity index (χ2v) is 4.73. The second kappa shape index (κ2) is 4.89. The molecule has 20 heavy (non-hydrogen) atoms. The minimum absolute atomic E-state index is 0.0501. The van der Waals surface area contributed by atoms with Crippen LogP contribution >= 0.6 is 11.6 Å². The minimum Gasteiger partial charge on any atom is -0.455 e. The zero-order valence-electron chi connectivity index (χ0n) is 10.1. The molecule has 5 heteroatoms. The molecule has 0 saturated heterocycles. The number of rotatable bonds is 2. The van der Waals surface area contributed by atoms with Crippen molar-refractivity contribution in [2.75, 3.05) is 0 Å². The highest BCUT2D eigenvalue weighted by Crippen LogP contribution is 2.33. The Hall–Kier alpha value is -1.91. The van der Waals surface area contributed by atoms with Gasteiger partial charge in [-0.05, 0) is 18.2 Å². The average molecular weight is 295 g/mol. The van der Waals surface area contributed by atoms with Crippen LogP contribution in [0.2, 0.25) is 5.02 Å². The quantitative estimate of drug-likeness (QED) is 0.757. The SMILES string of the molecule is OC(c1cc2cccc(F)c2o1)c1cccc(F)c1Cl. The summed E-state index contributed by atoms with van der Waals surface area (Å²) in [6.45, 7) is 0. The molecule has 1 aromatic heterocycles. The standard InChI is InChI=1S/C15H9ClF2O2/c16-13-9(4-2-5-10(13)17)14(19)12-7-8-3-1-6-11(18)15(8)20-12/h1-7,14,19H. The smallest absolute Gasteiger partial charge is 0.170 e. The van der Waals surface area contributed by atoms with Crippen molar-refractivity contribution >= 4 is 22.6 Å². The fourth-order valence-corrected chi connectivity index (χ4v) is 2.30. The van der Waals surface area contributed by atoms with Gasteiger partial charge in [0.1, 0.15) is 17.7 Å². The van der Waals surface area contributed by atoms with Gasteiger partial charge in [-0.3, -0.25) is 0 Å². The van der Waals surface area contributed by atoms with Gasteiger partial charge >= 0.3 is 0 Å². The number of aliphatic hydroxyl groups excluding tert-OH is 1. The fourth-order valence-electron chi connectivity index (χ4n) is 2.07. The molecule has 0 fully saturated rings. The summed E-state index contributed by atoms with van der Waals surface area (Å²) in [6.07, 6.45) is -1.26. The molecule has 0 amide bonds. The van der Waals surface area contributed by atoms with Crippen molar-refractivity contribution in [2.45, 2.75) is 6.10 Å². The summed E-state index contributed by atoms with van der Waals surface area (Å²) in [5.74, 6) is -1.05. The van der Waals surface area contributed by atoms with Crippen LogP contribution in [0.25, 0.3) is 11.0 Å². The number of benzene rings is 2. The number of furan rings is 1. The Labute approximate surface area is 118 Å². The van der Waals surface area contributed by atoms with Gasteiger partial charge in [-0.15, -0.1) is 0 Å². The maximum Gasteiger partial charge on any atom is 0.170 e. The molecule has 1 unspecified atom stereocenters. The maximum atomic E-state index is 13.5. The molecule has 0 aliphatic heterocycles. The van der Waals surface area contributed by atoms with Crippen molar-refractivity contribution in [3.63, 3.8) is 0 Å². The third kappa shape index (κ3) is 2.07. The van der Waals surface area contributed by atoms with Crippen molar-refractivity contribution in [3.05, 3.63) is 70.4 Å². The highest BCUT2D eigenvalue weighted by atomic mass is 35.5. The van der Waals surface area contributed by atoms with E-state index in [1.165, 1.54) is 30.3 Å². The minimum atomic E-state index is -1.26. The highest BCUT2D eigenvalue weighted by Gasteiger charge is 2.20. The summed E-state index contributed by atoms with van der Waals surface area (Å²) < 4.78 is 32.2. The van der Waals surface area contributed by atoms with Gasteiger partial charge in [0.05, 0.1) is 5.02 Å². The van der Waals surface area contributed by atoms with Crippen LogP contribution in [-0.4, -0.2) is 5.11 Å². The molecule has 102 valence electrons. The summed E-state index contributed by atoms with van der Waals surface area (Å²) in [7, 11) is 0. The van der Waals surface area contributed by atoms with Crippen LogP contribution in [0.5, 0.6) is 0 Å². The van der Waals surface area contributed by atoms with Crippen molar-refractivity contribution in [2.24, 2.45) is 0 Å². The van der Waals surface area contributed by atoms with Gasteiger partial charge in [0.2, 0.25) is 0 Å². The van der Waals surface area contributed by atoms with Gasteiger partial charge in [-0.25, -0.2) is 8.78 Å². The summed E-state index contributed by atoms with van der Waals surface area (Å²) >= 11 is 5.82. The predicted molar refractivity (Wildman–Crippen MR) is 71.6 cm³/mol. The van der Waals surface area contributed by atoms with Crippen LogP contribution in [0.15, 0.2) is 46.9 Å². The second-order valence-electron chi connectivity index (χ2n) is 4.35. The Morgan fingerprint density at radius 3 is 2.50 bits per heavy atom. The molecule has 2 aromatic carbocycles. The number of hydrogen-bond acceptors (Lipinski definition) is 2. The van der Waals surface area contributed by atoms with E-state index in [4.69, 9.17) is 16.0 Å². The molecule has 0 spiro atoms. The molecule has 0 radical (unpaired) electrons. The molecular weight excluding hydrogens is 286 g/mol. The van der Waals surface area contributed by atoms with E-state index in [0.717, 1.165) is 0 Å². The maximum absolute atomic E-state index is 13.5. The Morgan fingerprint density at radius 2 is 1.75 bits per heavy atom. The van der Waals surface area contributed by atoms with Crippen molar-refractivity contribution in [1.82, 2.24) is 0 Å². The Kier molecular flexibility index (Phi) is 3.20. The third-order valence-electron chi connectivity index (χ3n) is 3.06. The third-order valence-corrected chi connectivity index (χ3v) is 3.46. The Bertz CT molecular complexity index is 783. The predicted octanol–water partition coefficient (Wildman–Crippen LogP) is 4.45. The van der Waals surface area contributed by atoms with Crippen LogP contribution in [0.4, 0.5) is 8.78 Å². The molecular formula is C15H9ClF2O2. The molecule has 2 nitrogen and oxygen atoms in total. The van der Waals surface area contributed by atoms with E-state index < -0.39 is 17.7 Å². The number of para-hydroxylation sites is 1. The molecule has 1 heterocycles. The first kappa shape index (κ1) is 13.1. The van der Waals surface area contributed by atoms with Gasteiger partial charge in [0.25, 0.3) is 0 Å². The van der Waals surface area contributed by atoms with Crippen LogP contribution in [0.1, 0.15) is 17.4 Å². The van der Waals surface area contributed by atoms with E-state index in [1.807, 2.05) is 0 Å². The first-order valence-electron chi connectivity index (χ1n) is 5.88. The van der Waals surface area contributed by atoms with Gasteiger partial charge in [0, 0.05) is 10.9 Å². The molecule has 0 aliphatic rings. The van der Waals surface area contributed by atoms with Gasteiger partial charge in [-0.1, -0.05) is 35.9 Å². The zero-order valence-corrected chi connectivity index (χ0v) is 10.9. The molecule has 1 N–H and O–H groups in total. The molecule has 0 aliphatic carbocycles. The lowest BCUT2D eigenvalue weighted by atomic mass is 10.1. The number of halogens is 3. The monoisotopic (exact) mass is 294 g/mol. The lowest BCUT2D eigenvalue weighted by molar-refractivity contribution is 0.191. The van der Waals surface area contributed by atoms with Crippen LogP contribution in [0, 0.1) is 11.6 Å². The van der Waals surface area contributed by atoms with Crippen molar-refractivity contribution in [1.29, 1.82) is 0 Å². The van der Waals surface area contributed by atoms with Gasteiger partial charge in [-0.2, -0.15) is 0 Å². The topological polar surface area (TPSA) is 33.4 Å². The van der Waals surface area contributed by atoms with Crippen LogP contribution in [-0.2, 0) is 0 Å². The lowest BCUT2D eigenvalue weighted by Crippen LogP contribution is -2.00. The lowest BCUT2D eigenvalue weighted by Gasteiger charge is -2.10. The zero-order chi connectivity index (χ0) is 14.3. The first-order valence-corrected chi connectivity index (χ1v) is 6.25. The molecule has 3 rings (SSSR count). The fraction of sp³-hybridized carbons (Fsp3) is 0.0667. The average Bonchev–Trinajstić information content (AvgIpc) is 2.87. The summed E-state index contributed by atoms with van der Waals surface area (Å²) in [4.78, 5) is 0. The van der Waals surface area contributed by atoms with Crippen LogP contribution < -0.4 is 0 Å². The first-order chi connectivity index (χ1) is 9.58. The molecule has 1 atom stereocenters. The number of fused-ring (bicyclic) bond motifs is 1. The molecule has 0 bridgehead atoms. The molecule has 0 saturated carbocycles. The van der Waals surface area contributed by atoms with E-state index in [1.54, 1.807) is 12.1 Å². The molecule has 3 aromatic rings. The van der Waals surface area contributed by atoms with Gasteiger partial charge < -0.3 is 9.52 Å². The summed E-state index contributed by atoms with van der Waals surface area (Å²) in [5, 5.41) is 10.6. The van der Waals surface area contributed by atoms with Crippen molar-refractivity contribution < 1.29 is 18.3 Å². The van der Waals surface area contributed by atoms with Gasteiger partial charge in [0.15, 0.2) is 11.4 Å². The number of hydrogen-bond donors (Lipinski definition) is 1. The van der Waals surface area contributed by atoms with E-state index in [2.05, 4.69) is 0 Å². The Balaban J connectivity index is 2.10. The highest BCUT2D eigenvalue weighted by molar-refractivity contribution is 6.31. The van der Waals surface area contributed by atoms with E-state index in [-0.39, 0.29) is 21.9 Å².